The zero-order valence-electron chi connectivity index (χ0n) is 9.91. The summed E-state index contributed by atoms with van der Waals surface area (Å²) >= 11 is 11.9. The molecule has 0 saturated carbocycles. The molecule has 0 atom stereocenters. The summed E-state index contributed by atoms with van der Waals surface area (Å²) in [5.74, 6) is 0.0583. The molecule has 3 heteroatoms. The molecule has 0 spiro atoms. The van der Waals surface area contributed by atoms with Crippen LogP contribution in [0.2, 0.25) is 10.0 Å². The van der Waals surface area contributed by atoms with Crippen molar-refractivity contribution in [3.8, 4) is 0 Å². The summed E-state index contributed by atoms with van der Waals surface area (Å²) in [7, 11) is 0. The third-order valence-corrected chi connectivity index (χ3v) is 3.29. The topological polar surface area (TPSA) is 17.1 Å². The van der Waals surface area contributed by atoms with Gasteiger partial charge in [-0.2, -0.15) is 0 Å². The molecule has 0 bridgehead atoms. The van der Waals surface area contributed by atoms with Crippen LogP contribution in [-0.4, -0.2) is 5.78 Å². The zero-order chi connectivity index (χ0) is 13.1. The van der Waals surface area contributed by atoms with Gasteiger partial charge in [-0.3, -0.25) is 4.79 Å². The highest BCUT2D eigenvalue weighted by Gasteiger charge is 2.10. The molecular formula is C15H12Cl2O. The number of rotatable bonds is 3. The molecule has 2 rings (SSSR count). The van der Waals surface area contributed by atoms with Crippen molar-refractivity contribution in [3.05, 3.63) is 69.2 Å². The Bertz CT molecular complexity index is 591. The second kappa shape index (κ2) is 5.55. The van der Waals surface area contributed by atoms with Gasteiger partial charge in [0.25, 0.3) is 0 Å². The van der Waals surface area contributed by atoms with E-state index in [1.807, 2.05) is 31.2 Å². The van der Waals surface area contributed by atoms with E-state index in [9.17, 15) is 4.79 Å². The summed E-state index contributed by atoms with van der Waals surface area (Å²) in [6, 6.07) is 12.7. The van der Waals surface area contributed by atoms with Crippen molar-refractivity contribution in [2.45, 2.75) is 13.3 Å². The lowest BCUT2D eigenvalue weighted by Gasteiger charge is -2.05. The smallest absolute Gasteiger partial charge is 0.167 e. The molecule has 0 aromatic heterocycles. The maximum Gasteiger partial charge on any atom is 0.167 e. The molecular weight excluding hydrogens is 267 g/mol. The van der Waals surface area contributed by atoms with Crippen LogP contribution >= 0.6 is 23.2 Å². The van der Waals surface area contributed by atoms with E-state index in [-0.39, 0.29) is 5.78 Å². The lowest BCUT2D eigenvalue weighted by molar-refractivity contribution is 0.0993. The van der Waals surface area contributed by atoms with Crippen molar-refractivity contribution < 1.29 is 4.79 Å². The number of carbonyl (C=O) groups excluding carboxylic acids is 1. The van der Waals surface area contributed by atoms with E-state index in [0.29, 0.717) is 22.0 Å². The number of aryl methyl sites for hydroxylation is 1. The molecule has 2 aromatic rings. The Kier molecular flexibility index (Phi) is 4.05. The average Bonchev–Trinajstić information content (AvgIpc) is 2.32. The molecule has 18 heavy (non-hydrogen) atoms. The Morgan fingerprint density at radius 1 is 1.11 bits per heavy atom. The minimum absolute atomic E-state index is 0.0583. The number of hydrogen-bond acceptors (Lipinski definition) is 1. The molecule has 0 fully saturated rings. The number of carbonyl (C=O) groups is 1. The molecule has 0 unspecified atom stereocenters. The first-order chi connectivity index (χ1) is 8.56. The summed E-state index contributed by atoms with van der Waals surface area (Å²) in [6.45, 7) is 1.96. The quantitative estimate of drug-likeness (QED) is 0.742. The van der Waals surface area contributed by atoms with Crippen molar-refractivity contribution in [2.75, 3.05) is 0 Å². The highest BCUT2D eigenvalue weighted by molar-refractivity contribution is 6.35. The minimum atomic E-state index is 0.0583. The summed E-state index contributed by atoms with van der Waals surface area (Å²) in [5.41, 5.74) is 2.58. The summed E-state index contributed by atoms with van der Waals surface area (Å²) in [6.07, 6.45) is 0.291. The Morgan fingerprint density at radius 2 is 1.89 bits per heavy atom. The van der Waals surface area contributed by atoms with E-state index in [1.54, 1.807) is 18.2 Å². The van der Waals surface area contributed by atoms with E-state index in [4.69, 9.17) is 23.2 Å². The van der Waals surface area contributed by atoms with E-state index < -0.39 is 0 Å². The number of halogens is 2. The fraction of sp³-hybridized carbons (Fsp3) is 0.133. The second-order valence-electron chi connectivity index (χ2n) is 4.21. The van der Waals surface area contributed by atoms with Gasteiger partial charge in [0, 0.05) is 22.0 Å². The van der Waals surface area contributed by atoms with Crippen molar-refractivity contribution >= 4 is 29.0 Å². The molecule has 0 aliphatic heterocycles. The van der Waals surface area contributed by atoms with Crippen molar-refractivity contribution in [1.29, 1.82) is 0 Å². The highest BCUT2D eigenvalue weighted by Crippen LogP contribution is 2.22. The van der Waals surface area contributed by atoms with Crippen LogP contribution in [0.4, 0.5) is 0 Å². The first-order valence-corrected chi connectivity index (χ1v) is 6.35. The van der Waals surface area contributed by atoms with Crippen molar-refractivity contribution in [2.24, 2.45) is 0 Å². The van der Waals surface area contributed by atoms with Crippen molar-refractivity contribution in [3.63, 3.8) is 0 Å². The van der Waals surface area contributed by atoms with Gasteiger partial charge in [0.15, 0.2) is 5.78 Å². The molecule has 0 aliphatic rings. The standard InChI is InChI=1S/C15H12Cl2O/c1-10-3-2-4-12(7-10)15(18)8-11-5-6-13(16)9-14(11)17/h2-7,9H,8H2,1H3. The summed E-state index contributed by atoms with van der Waals surface area (Å²) in [4.78, 5) is 12.1. The Balaban J connectivity index is 2.21. The van der Waals surface area contributed by atoms with E-state index in [0.717, 1.165) is 11.1 Å². The fourth-order valence-electron chi connectivity index (χ4n) is 1.76. The maximum absolute atomic E-state index is 12.1. The highest BCUT2D eigenvalue weighted by atomic mass is 35.5. The molecule has 92 valence electrons. The summed E-state index contributed by atoms with van der Waals surface area (Å²) in [5, 5.41) is 1.11. The predicted octanol–water partition coefficient (Wildman–Crippen LogP) is 4.73. The largest absolute Gasteiger partial charge is 0.294 e. The normalized spacial score (nSPS) is 10.4. The van der Waals surface area contributed by atoms with Crippen molar-refractivity contribution in [1.82, 2.24) is 0 Å². The molecule has 1 nitrogen and oxygen atoms in total. The lowest BCUT2D eigenvalue weighted by atomic mass is 10.0. The third kappa shape index (κ3) is 3.12. The summed E-state index contributed by atoms with van der Waals surface area (Å²) < 4.78 is 0. The van der Waals surface area contributed by atoms with Crippen LogP contribution in [0.15, 0.2) is 42.5 Å². The van der Waals surface area contributed by atoms with Gasteiger partial charge >= 0.3 is 0 Å². The molecule has 0 aliphatic carbocycles. The van der Waals surface area contributed by atoms with E-state index in [1.165, 1.54) is 0 Å². The molecule has 0 saturated heterocycles. The van der Waals surface area contributed by atoms with Gasteiger partial charge in [-0.15, -0.1) is 0 Å². The number of hydrogen-bond donors (Lipinski definition) is 0. The Morgan fingerprint density at radius 3 is 2.56 bits per heavy atom. The Hall–Kier alpha value is -1.31. The number of benzene rings is 2. The zero-order valence-corrected chi connectivity index (χ0v) is 11.4. The van der Waals surface area contributed by atoms with Gasteiger partial charge in [-0.05, 0) is 30.7 Å². The predicted molar refractivity (Wildman–Crippen MR) is 75.7 cm³/mol. The molecule has 0 N–H and O–H groups in total. The van der Waals surface area contributed by atoms with Gasteiger partial charge in [0.05, 0.1) is 0 Å². The van der Waals surface area contributed by atoms with Gasteiger partial charge < -0.3 is 0 Å². The van der Waals surface area contributed by atoms with Crippen LogP contribution in [0, 0.1) is 6.92 Å². The molecule has 0 amide bonds. The number of ketones is 1. The van der Waals surface area contributed by atoms with Gasteiger partial charge in [0.2, 0.25) is 0 Å². The monoisotopic (exact) mass is 278 g/mol. The molecule has 0 heterocycles. The van der Waals surface area contributed by atoms with Crippen LogP contribution in [0.25, 0.3) is 0 Å². The lowest BCUT2D eigenvalue weighted by Crippen LogP contribution is -2.04. The fourth-order valence-corrected chi connectivity index (χ4v) is 2.23. The van der Waals surface area contributed by atoms with E-state index >= 15 is 0 Å². The third-order valence-electron chi connectivity index (χ3n) is 2.71. The first-order valence-electron chi connectivity index (χ1n) is 5.60. The molecule has 2 aromatic carbocycles. The van der Waals surface area contributed by atoms with Crippen LogP contribution in [0.1, 0.15) is 21.5 Å². The van der Waals surface area contributed by atoms with Crippen LogP contribution in [0.3, 0.4) is 0 Å². The van der Waals surface area contributed by atoms with Gasteiger partial charge in [-0.25, -0.2) is 0 Å². The minimum Gasteiger partial charge on any atom is -0.294 e. The first kappa shape index (κ1) is 13.1. The number of Topliss-reactive ketones (excluding diaryl/α,β-unsaturated/α-hetero) is 1. The van der Waals surface area contributed by atoms with Gasteiger partial charge in [0.1, 0.15) is 0 Å². The maximum atomic E-state index is 12.1. The van der Waals surface area contributed by atoms with Crippen LogP contribution in [-0.2, 0) is 6.42 Å². The van der Waals surface area contributed by atoms with Crippen LogP contribution in [0.5, 0.6) is 0 Å². The van der Waals surface area contributed by atoms with Crippen LogP contribution < -0.4 is 0 Å². The second-order valence-corrected chi connectivity index (χ2v) is 5.05. The van der Waals surface area contributed by atoms with E-state index in [2.05, 4.69) is 0 Å². The SMILES string of the molecule is Cc1cccc(C(=O)Cc2ccc(Cl)cc2Cl)c1. The van der Waals surface area contributed by atoms with Gasteiger partial charge in [-0.1, -0.05) is 53.0 Å². The molecule has 0 radical (unpaired) electrons. The average molecular weight is 279 g/mol. The Labute approximate surface area is 116 Å².